The van der Waals surface area contributed by atoms with Crippen LogP contribution in [-0.2, 0) is 21.5 Å². The number of fused-ring (bicyclic) bond motifs is 1. The van der Waals surface area contributed by atoms with Crippen LogP contribution in [0.25, 0.3) is 0 Å². The van der Waals surface area contributed by atoms with Crippen molar-refractivity contribution < 1.29 is 14.3 Å². The second-order valence-electron chi connectivity index (χ2n) is 7.28. The van der Waals surface area contributed by atoms with E-state index in [0.717, 1.165) is 17.5 Å². The number of ether oxygens (including phenoxy) is 1. The average Bonchev–Trinajstić information content (AvgIpc) is 3.27. The molecule has 2 atom stereocenters. The first kappa shape index (κ1) is 17.5. The molecule has 0 radical (unpaired) electrons. The highest BCUT2D eigenvalue weighted by atomic mass is 16.5. The standard InChI is InChI=1S/C21H23N3O3/c1-27-18-6-2-5-16(10-18)21(11-17-7-8-19(25)24(17)14-21)20(26)23-13-15-4-3-9-22-12-15/h2-6,9-10,12,17H,7-8,11,13-14H2,1H3,(H,23,26)/t17-,21-/m0/s1. The summed E-state index contributed by atoms with van der Waals surface area (Å²) in [6, 6.07) is 11.6. The number of benzene rings is 1. The molecule has 27 heavy (non-hydrogen) atoms. The zero-order valence-corrected chi connectivity index (χ0v) is 15.4. The van der Waals surface area contributed by atoms with Crippen LogP contribution in [0.5, 0.6) is 5.75 Å². The lowest BCUT2D eigenvalue weighted by Gasteiger charge is -2.29. The predicted molar refractivity (Wildman–Crippen MR) is 100 cm³/mol. The Labute approximate surface area is 158 Å². The smallest absolute Gasteiger partial charge is 0.232 e. The maximum atomic E-state index is 13.4. The van der Waals surface area contributed by atoms with Crippen LogP contribution in [0.2, 0.25) is 0 Å². The van der Waals surface area contributed by atoms with Gasteiger partial charge < -0.3 is 15.0 Å². The molecule has 1 aromatic carbocycles. The number of pyridine rings is 1. The lowest BCUT2D eigenvalue weighted by molar-refractivity contribution is -0.129. The van der Waals surface area contributed by atoms with Crippen LogP contribution in [0.1, 0.15) is 30.4 Å². The van der Waals surface area contributed by atoms with E-state index in [4.69, 9.17) is 4.74 Å². The Kier molecular flexibility index (Phi) is 4.56. The zero-order valence-electron chi connectivity index (χ0n) is 15.4. The molecule has 3 heterocycles. The molecule has 4 rings (SSSR count). The molecule has 1 aromatic heterocycles. The van der Waals surface area contributed by atoms with Crippen molar-refractivity contribution in [2.75, 3.05) is 13.7 Å². The van der Waals surface area contributed by atoms with Crippen molar-refractivity contribution >= 4 is 11.8 Å². The zero-order chi connectivity index (χ0) is 18.9. The van der Waals surface area contributed by atoms with E-state index in [1.165, 1.54) is 0 Å². The molecule has 2 fully saturated rings. The average molecular weight is 365 g/mol. The normalized spacial score (nSPS) is 24.0. The van der Waals surface area contributed by atoms with Crippen LogP contribution >= 0.6 is 0 Å². The highest BCUT2D eigenvalue weighted by Crippen LogP contribution is 2.43. The molecule has 0 spiro atoms. The first-order valence-electron chi connectivity index (χ1n) is 9.23. The fourth-order valence-corrected chi connectivity index (χ4v) is 4.26. The summed E-state index contributed by atoms with van der Waals surface area (Å²) >= 11 is 0. The van der Waals surface area contributed by atoms with E-state index in [9.17, 15) is 9.59 Å². The van der Waals surface area contributed by atoms with Gasteiger partial charge in [-0.2, -0.15) is 0 Å². The summed E-state index contributed by atoms with van der Waals surface area (Å²) in [6.07, 6.45) is 5.50. The summed E-state index contributed by atoms with van der Waals surface area (Å²) in [4.78, 5) is 31.6. The topological polar surface area (TPSA) is 71.5 Å². The summed E-state index contributed by atoms with van der Waals surface area (Å²) in [5.41, 5.74) is 1.09. The highest BCUT2D eigenvalue weighted by Gasteiger charge is 2.53. The number of hydrogen-bond donors (Lipinski definition) is 1. The lowest BCUT2D eigenvalue weighted by atomic mass is 9.76. The first-order valence-corrected chi connectivity index (χ1v) is 9.23. The minimum atomic E-state index is -0.752. The molecule has 1 N–H and O–H groups in total. The van der Waals surface area contributed by atoms with E-state index in [0.29, 0.717) is 31.7 Å². The Morgan fingerprint density at radius 3 is 3.00 bits per heavy atom. The van der Waals surface area contributed by atoms with Crippen molar-refractivity contribution in [1.29, 1.82) is 0 Å². The number of rotatable bonds is 5. The van der Waals surface area contributed by atoms with Gasteiger partial charge in [0.2, 0.25) is 11.8 Å². The van der Waals surface area contributed by atoms with Crippen LogP contribution in [0, 0.1) is 0 Å². The lowest BCUT2D eigenvalue weighted by Crippen LogP contribution is -2.46. The number of aromatic nitrogens is 1. The van der Waals surface area contributed by atoms with Gasteiger partial charge in [0.15, 0.2) is 0 Å². The second-order valence-corrected chi connectivity index (χ2v) is 7.28. The van der Waals surface area contributed by atoms with Gasteiger partial charge in [-0.1, -0.05) is 18.2 Å². The Hall–Kier alpha value is -2.89. The van der Waals surface area contributed by atoms with E-state index in [1.54, 1.807) is 19.5 Å². The minimum absolute atomic E-state index is 0.0539. The van der Waals surface area contributed by atoms with Crippen molar-refractivity contribution in [2.24, 2.45) is 0 Å². The molecule has 0 bridgehead atoms. The van der Waals surface area contributed by atoms with Crippen LogP contribution < -0.4 is 10.1 Å². The van der Waals surface area contributed by atoms with Gasteiger partial charge >= 0.3 is 0 Å². The molecule has 2 amide bonds. The molecule has 0 saturated carbocycles. The summed E-state index contributed by atoms with van der Waals surface area (Å²) in [5, 5.41) is 3.06. The third-order valence-electron chi connectivity index (χ3n) is 5.71. The summed E-state index contributed by atoms with van der Waals surface area (Å²) in [7, 11) is 1.62. The number of methoxy groups -OCH3 is 1. The number of amides is 2. The van der Waals surface area contributed by atoms with Gasteiger partial charge in [-0.15, -0.1) is 0 Å². The van der Waals surface area contributed by atoms with Crippen LogP contribution in [-0.4, -0.2) is 41.4 Å². The molecule has 2 aliphatic rings. The van der Waals surface area contributed by atoms with E-state index in [-0.39, 0.29) is 17.9 Å². The largest absolute Gasteiger partial charge is 0.497 e. The quantitative estimate of drug-likeness (QED) is 0.880. The molecular formula is C21H23N3O3. The predicted octanol–water partition coefficient (Wildman–Crippen LogP) is 2.04. The van der Waals surface area contributed by atoms with E-state index >= 15 is 0 Å². The van der Waals surface area contributed by atoms with Gasteiger partial charge in [0.05, 0.1) is 12.5 Å². The molecule has 2 aliphatic heterocycles. The van der Waals surface area contributed by atoms with E-state index < -0.39 is 5.41 Å². The van der Waals surface area contributed by atoms with E-state index in [1.807, 2.05) is 41.3 Å². The summed E-state index contributed by atoms with van der Waals surface area (Å²) in [5.74, 6) is 0.803. The van der Waals surface area contributed by atoms with Gasteiger partial charge in [0, 0.05) is 37.9 Å². The first-order chi connectivity index (χ1) is 13.1. The number of carbonyl (C=O) groups is 2. The number of nitrogens with one attached hydrogen (secondary N) is 1. The van der Waals surface area contributed by atoms with Crippen molar-refractivity contribution in [2.45, 2.75) is 37.3 Å². The fourth-order valence-electron chi connectivity index (χ4n) is 4.26. The molecule has 6 nitrogen and oxygen atoms in total. The molecule has 140 valence electrons. The highest BCUT2D eigenvalue weighted by molar-refractivity contribution is 5.91. The monoisotopic (exact) mass is 365 g/mol. The Bertz CT molecular complexity index is 855. The SMILES string of the molecule is COc1cccc([C@]2(C(=O)NCc3cccnc3)C[C@@H]3CCC(=O)N3C2)c1. The Morgan fingerprint density at radius 2 is 2.26 bits per heavy atom. The van der Waals surface area contributed by atoms with Crippen molar-refractivity contribution in [3.63, 3.8) is 0 Å². The third kappa shape index (κ3) is 3.16. The maximum Gasteiger partial charge on any atom is 0.232 e. The van der Waals surface area contributed by atoms with Crippen LogP contribution in [0.4, 0.5) is 0 Å². The molecule has 0 aliphatic carbocycles. The molecule has 2 aromatic rings. The summed E-state index contributed by atoms with van der Waals surface area (Å²) in [6.45, 7) is 0.833. The van der Waals surface area contributed by atoms with Gasteiger partial charge in [0.1, 0.15) is 5.75 Å². The van der Waals surface area contributed by atoms with Crippen LogP contribution in [0.15, 0.2) is 48.8 Å². The molecule has 2 saturated heterocycles. The molecule has 0 unspecified atom stereocenters. The number of nitrogens with zero attached hydrogens (tertiary/aromatic N) is 2. The van der Waals surface area contributed by atoms with Gasteiger partial charge in [-0.3, -0.25) is 14.6 Å². The van der Waals surface area contributed by atoms with Gasteiger partial charge in [0.25, 0.3) is 0 Å². The van der Waals surface area contributed by atoms with E-state index in [2.05, 4.69) is 10.3 Å². The fraction of sp³-hybridized carbons (Fsp3) is 0.381. The van der Waals surface area contributed by atoms with Gasteiger partial charge in [-0.25, -0.2) is 0 Å². The second kappa shape index (κ2) is 7.02. The minimum Gasteiger partial charge on any atom is -0.497 e. The van der Waals surface area contributed by atoms with Crippen LogP contribution in [0.3, 0.4) is 0 Å². The third-order valence-corrected chi connectivity index (χ3v) is 5.71. The Morgan fingerprint density at radius 1 is 1.37 bits per heavy atom. The number of carbonyl (C=O) groups excluding carboxylic acids is 2. The molecular weight excluding hydrogens is 342 g/mol. The molecule has 6 heteroatoms. The van der Waals surface area contributed by atoms with Crippen molar-refractivity contribution in [3.05, 3.63) is 59.9 Å². The summed E-state index contributed by atoms with van der Waals surface area (Å²) < 4.78 is 5.36. The van der Waals surface area contributed by atoms with Gasteiger partial charge in [-0.05, 0) is 42.2 Å². The Balaban J connectivity index is 1.64. The van der Waals surface area contributed by atoms with Crippen molar-refractivity contribution in [1.82, 2.24) is 15.2 Å². The number of hydrogen-bond acceptors (Lipinski definition) is 4. The van der Waals surface area contributed by atoms with Crippen molar-refractivity contribution in [3.8, 4) is 5.75 Å². The maximum absolute atomic E-state index is 13.4.